The first-order chi connectivity index (χ1) is 13.6. The number of aromatic nitrogens is 1. The molecule has 0 aliphatic heterocycles. The maximum Gasteiger partial charge on any atom is 0.348 e. The zero-order valence-electron chi connectivity index (χ0n) is 15.5. The Labute approximate surface area is 176 Å². The summed E-state index contributed by atoms with van der Waals surface area (Å²) >= 11 is 6.87. The lowest BCUT2D eigenvalue weighted by atomic mass is 10.1. The molecule has 0 fully saturated rings. The van der Waals surface area contributed by atoms with Crippen LogP contribution in [0.1, 0.15) is 31.4 Å². The number of hydrogen-bond donors (Lipinski definition) is 1. The third kappa shape index (κ3) is 4.59. The van der Waals surface area contributed by atoms with E-state index in [-0.39, 0.29) is 10.7 Å². The number of ketones is 1. The quantitative estimate of drug-likeness (QED) is 0.454. The summed E-state index contributed by atoms with van der Waals surface area (Å²) in [6, 6.07) is 10.8. The summed E-state index contributed by atoms with van der Waals surface area (Å²) in [5.74, 6) is -0.954. The van der Waals surface area contributed by atoms with E-state index in [1.165, 1.54) is 18.2 Å². The van der Waals surface area contributed by atoms with Crippen LogP contribution in [0.15, 0.2) is 47.4 Å². The number of carbonyl (C=O) groups is 2. The van der Waals surface area contributed by atoms with E-state index in [2.05, 4.69) is 0 Å². The average molecular weight is 453 g/mol. The number of esters is 1. The standard InChI is InChI=1S/C19H17ClN2O5S2/c1-11-9-15(16(23)10-27-19(24)17-7-8-18(20)28-17)12(2)22(11)13-3-5-14(6-4-13)29(21,25)26/h3-9H,10H2,1-2H3,(H2,21,25,26). The molecule has 0 spiro atoms. The minimum Gasteiger partial charge on any atom is -0.453 e. The molecule has 0 aliphatic rings. The van der Waals surface area contributed by atoms with Gasteiger partial charge < -0.3 is 9.30 Å². The maximum atomic E-state index is 12.6. The Bertz CT molecular complexity index is 1190. The highest BCUT2D eigenvalue weighted by Gasteiger charge is 2.19. The summed E-state index contributed by atoms with van der Waals surface area (Å²) in [7, 11) is -3.79. The summed E-state index contributed by atoms with van der Waals surface area (Å²) in [6.45, 7) is 3.18. The number of nitrogens with two attached hydrogens (primary N) is 1. The number of ether oxygens (including phenoxy) is 1. The van der Waals surface area contributed by atoms with Gasteiger partial charge in [0.25, 0.3) is 0 Å². The minimum atomic E-state index is -3.79. The molecule has 0 saturated carbocycles. The smallest absolute Gasteiger partial charge is 0.348 e. The van der Waals surface area contributed by atoms with Gasteiger partial charge in [-0.25, -0.2) is 18.4 Å². The van der Waals surface area contributed by atoms with Crippen LogP contribution in [0.2, 0.25) is 4.34 Å². The molecule has 0 atom stereocenters. The fourth-order valence-electron chi connectivity index (χ4n) is 2.93. The molecule has 2 N–H and O–H groups in total. The summed E-state index contributed by atoms with van der Waals surface area (Å²) < 4.78 is 30.2. The van der Waals surface area contributed by atoms with Gasteiger partial charge in [0, 0.05) is 22.6 Å². The number of carbonyl (C=O) groups excluding carboxylic acids is 2. The number of rotatable bonds is 6. The fraction of sp³-hybridized carbons (Fsp3) is 0.158. The van der Waals surface area contributed by atoms with Crippen LogP contribution < -0.4 is 5.14 Å². The molecule has 10 heteroatoms. The maximum absolute atomic E-state index is 12.6. The first-order valence-corrected chi connectivity index (χ1v) is 11.1. The van der Waals surface area contributed by atoms with Gasteiger partial charge in [0.2, 0.25) is 15.8 Å². The lowest BCUT2D eigenvalue weighted by molar-refractivity contribution is 0.0479. The SMILES string of the molecule is Cc1cc(C(=O)COC(=O)c2ccc(Cl)s2)c(C)n1-c1ccc(S(N)(=O)=O)cc1. The number of Topliss-reactive ketones (excluding diaryl/α,β-unsaturated/α-hetero) is 1. The normalized spacial score (nSPS) is 11.4. The van der Waals surface area contributed by atoms with Gasteiger partial charge in [-0.3, -0.25) is 4.79 Å². The second-order valence-electron chi connectivity index (χ2n) is 6.26. The lowest BCUT2D eigenvalue weighted by Gasteiger charge is -2.10. The van der Waals surface area contributed by atoms with Crippen LogP contribution in [0.3, 0.4) is 0 Å². The number of aryl methyl sites for hydroxylation is 1. The van der Waals surface area contributed by atoms with Crippen molar-refractivity contribution in [2.24, 2.45) is 5.14 Å². The molecule has 7 nitrogen and oxygen atoms in total. The molecular formula is C19H17ClN2O5S2. The van der Waals surface area contributed by atoms with E-state index in [9.17, 15) is 18.0 Å². The molecule has 2 heterocycles. The zero-order chi connectivity index (χ0) is 21.3. The van der Waals surface area contributed by atoms with Crippen LogP contribution in [0, 0.1) is 13.8 Å². The predicted octanol–water partition coefficient (Wildman–Crippen LogP) is 3.50. The van der Waals surface area contributed by atoms with Crippen molar-refractivity contribution in [2.75, 3.05) is 6.61 Å². The van der Waals surface area contributed by atoms with Crippen molar-refractivity contribution in [2.45, 2.75) is 18.7 Å². The second-order valence-corrected chi connectivity index (χ2v) is 9.54. The molecule has 152 valence electrons. The molecule has 0 radical (unpaired) electrons. The summed E-state index contributed by atoms with van der Waals surface area (Å²) in [5.41, 5.74) is 2.50. The first-order valence-electron chi connectivity index (χ1n) is 8.36. The van der Waals surface area contributed by atoms with Gasteiger partial charge in [0.15, 0.2) is 6.61 Å². The average Bonchev–Trinajstić information content (AvgIpc) is 3.22. The van der Waals surface area contributed by atoms with E-state index < -0.39 is 22.6 Å². The Morgan fingerprint density at radius 2 is 1.79 bits per heavy atom. The molecule has 0 aliphatic carbocycles. The zero-order valence-corrected chi connectivity index (χ0v) is 17.9. The lowest BCUT2D eigenvalue weighted by Crippen LogP contribution is -2.14. The van der Waals surface area contributed by atoms with Crippen LogP contribution in [0.4, 0.5) is 0 Å². The molecule has 0 bridgehead atoms. The van der Waals surface area contributed by atoms with Crippen molar-refractivity contribution in [1.29, 1.82) is 0 Å². The molecule has 2 aromatic heterocycles. The van der Waals surface area contributed by atoms with Gasteiger partial charge in [-0.05, 0) is 56.3 Å². The van der Waals surface area contributed by atoms with Crippen molar-refractivity contribution in [3.8, 4) is 5.69 Å². The van der Waals surface area contributed by atoms with Gasteiger partial charge in [-0.1, -0.05) is 11.6 Å². The summed E-state index contributed by atoms with van der Waals surface area (Å²) in [6.07, 6.45) is 0. The minimum absolute atomic E-state index is 0.000560. The second kappa shape index (κ2) is 8.11. The van der Waals surface area contributed by atoms with Gasteiger partial charge in [0.05, 0.1) is 9.23 Å². The topological polar surface area (TPSA) is 108 Å². The largest absolute Gasteiger partial charge is 0.453 e. The van der Waals surface area contributed by atoms with E-state index in [0.717, 1.165) is 17.0 Å². The molecule has 0 amide bonds. The van der Waals surface area contributed by atoms with Crippen molar-refractivity contribution < 1.29 is 22.7 Å². The first kappa shape index (κ1) is 21.3. The Kier molecular flexibility index (Phi) is 5.95. The van der Waals surface area contributed by atoms with Crippen molar-refractivity contribution >= 4 is 44.7 Å². The van der Waals surface area contributed by atoms with Crippen molar-refractivity contribution in [3.63, 3.8) is 0 Å². The molecule has 3 rings (SSSR count). The summed E-state index contributed by atoms with van der Waals surface area (Å²) in [4.78, 5) is 24.9. The van der Waals surface area contributed by atoms with E-state index >= 15 is 0 Å². The molecule has 29 heavy (non-hydrogen) atoms. The van der Waals surface area contributed by atoms with Crippen LogP contribution in [0.5, 0.6) is 0 Å². The Morgan fingerprint density at radius 3 is 2.34 bits per heavy atom. The molecule has 0 unspecified atom stereocenters. The molecule has 1 aromatic carbocycles. The van der Waals surface area contributed by atoms with E-state index in [1.54, 1.807) is 35.8 Å². The van der Waals surface area contributed by atoms with Crippen LogP contribution in [-0.4, -0.2) is 31.3 Å². The summed E-state index contributed by atoms with van der Waals surface area (Å²) in [5, 5.41) is 5.12. The highest BCUT2D eigenvalue weighted by molar-refractivity contribution is 7.89. The van der Waals surface area contributed by atoms with E-state index in [1.807, 2.05) is 6.92 Å². The molecular weight excluding hydrogens is 436 g/mol. The number of thiophene rings is 1. The van der Waals surface area contributed by atoms with E-state index in [4.69, 9.17) is 21.5 Å². The Balaban J connectivity index is 1.79. The highest BCUT2D eigenvalue weighted by Crippen LogP contribution is 2.24. The van der Waals surface area contributed by atoms with Gasteiger partial charge in [0.1, 0.15) is 4.88 Å². The van der Waals surface area contributed by atoms with Gasteiger partial charge >= 0.3 is 5.97 Å². The number of sulfonamides is 1. The van der Waals surface area contributed by atoms with Gasteiger partial charge in [-0.2, -0.15) is 0 Å². The van der Waals surface area contributed by atoms with Crippen LogP contribution in [0.25, 0.3) is 5.69 Å². The highest BCUT2D eigenvalue weighted by atomic mass is 35.5. The Morgan fingerprint density at radius 1 is 1.14 bits per heavy atom. The third-order valence-electron chi connectivity index (χ3n) is 4.26. The number of nitrogens with zero attached hydrogens (tertiary/aromatic N) is 1. The van der Waals surface area contributed by atoms with Crippen LogP contribution in [-0.2, 0) is 14.8 Å². The van der Waals surface area contributed by atoms with Crippen LogP contribution >= 0.6 is 22.9 Å². The monoisotopic (exact) mass is 452 g/mol. The third-order valence-corrected chi connectivity index (χ3v) is 6.40. The number of halogens is 1. The Hall–Kier alpha value is -2.46. The van der Waals surface area contributed by atoms with Gasteiger partial charge in [-0.15, -0.1) is 11.3 Å². The predicted molar refractivity (Wildman–Crippen MR) is 111 cm³/mol. The number of primary sulfonamides is 1. The fourth-order valence-corrected chi connectivity index (χ4v) is 4.38. The van der Waals surface area contributed by atoms with Crippen molar-refractivity contribution in [3.05, 3.63) is 68.6 Å². The number of benzene rings is 1. The molecule has 0 saturated heterocycles. The van der Waals surface area contributed by atoms with E-state index in [0.29, 0.717) is 26.2 Å². The molecule has 3 aromatic rings. The number of hydrogen-bond acceptors (Lipinski definition) is 6. The van der Waals surface area contributed by atoms with Crippen molar-refractivity contribution in [1.82, 2.24) is 4.57 Å².